The van der Waals surface area contributed by atoms with E-state index in [1.807, 2.05) is 18.7 Å². The fourth-order valence-corrected chi connectivity index (χ4v) is 1.30. The van der Waals surface area contributed by atoms with Gasteiger partial charge in [0.15, 0.2) is 5.82 Å². The monoisotopic (exact) mass is 227 g/mol. The third-order valence-electron chi connectivity index (χ3n) is 2.27. The molecule has 90 valence electrons. The number of aliphatic carboxylic acids is 1. The second kappa shape index (κ2) is 6.22. The Morgan fingerprint density at radius 3 is 2.75 bits per heavy atom. The molecule has 0 unspecified atom stereocenters. The Labute approximate surface area is 94.3 Å². The van der Waals surface area contributed by atoms with E-state index >= 15 is 0 Å². The molecule has 6 nitrogen and oxygen atoms in total. The van der Waals surface area contributed by atoms with Gasteiger partial charge in [-0.15, -0.1) is 0 Å². The molecule has 0 aliphatic heterocycles. The first-order valence-corrected chi connectivity index (χ1v) is 5.41. The van der Waals surface area contributed by atoms with Gasteiger partial charge in [-0.3, -0.25) is 9.69 Å². The van der Waals surface area contributed by atoms with E-state index in [1.54, 1.807) is 0 Å². The first kappa shape index (κ1) is 12.6. The summed E-state index contributed by atoms with van der Waals surface area (Å²) in [4.78, 5) is 16.6. The highest BCUT2D eigenvalue weighted by atomic mass is 16.5. The molecule has 16 heavy (non-hydrogen) atoms. The number of carbonyl (C=O) groups is 1. The summed E-state index contributed by atoms with van der Waals surface area (Å²) in [7, 11) is 0. The minimum Gasteiger partial charge on any atom is -0.481 e. The van der Waals surface area contributed by atoms with Crippen molar-refractivity contribution in [2.24, 2.45) is 0 Å². The molecule has 1 aromatic heterocycles. The molecular formula is C10H17N3O3. The largest absolute Gasteiger partial charge is 0.481 e. The van der Waals surface area contributed by atoms with Crippen LogP contribution in [0.2, 0.25) is 0 Å². The highest BCUT2D eigenvalue weighted by molar-refractivity contribution is 5.66. The van der Waals surface area contributed by atoms with Crippen molar-refractivity contribution in [2.45, 2.75) is 33.2 Å². The predicted molar refractivity (Wildman–Crippen MR) is 56.9 cm³/mol. The van der Waals surface area contributed by atoms with E-state index < -0.39 is 5.97 Å². The van der Waals surface area contributed by atoms with E-state index in [4.69, 9.17) is 9.63 Å². The lowest BCUT2D eigenvalue weighted by molar-refractivity contribution is -0.137. The second-order valence-electron chi connectivity index (χ2n) is 3.47. The lowest BCUT2D eigenvalue weighted by atomic mass is 10.3. The van der Waals surface area contributed by atoms with Crippen LogP contribution in [-0.4, -0.2) is 39.2 Å². The zero-order valence-corrected chi connectivity index (χ0v) is 9.64. The van der Waals surface area contributed by atoms with Crippen molar-refractivity contribution in [1.82, 2.24) is 15.0 Å². The highest BCUT2D eigenvalue weighted by Gasteiger charge is 2.10. The molecular weight excluding hydrogens is 210 g/mol. The molecule has 0 amide bonds. The fraction of sp³-hybridized carbons (Fsp3) is 0.700. The molecule has 0 saturated carbocycles. The van der Waals surface area contributed by atoms with Crippen LogP contribution in [0.1, 0.15) is 32.0 Å². The van der Waals surface area contributed by atoms with Gasteiger partial charge >= 0.3 is 5.97 Å². The summed E-state index contributed by atoms with van der Waals surface area (Å²) in [6.45, 7) is 5.72. The Morgan fingerprint density at radius 1 is 1.50 bits per heavy atom. The van der Waals surface area contributed by atoms with Gasteiger partial charge in [0.1, 0.15) is 0 Å². The zero-order chi connectivity index (χ0) is 12.0. The summed E-state index contributed by atoms with van der Waals surface area (Å²) < 4.78 is 4.98. The van der Waals surface area contributed by atoms with Crippen molar-refractivity contribution < 1.29 is 14.4 Å². The van der Waals surface area contributed by atoms with E-state index in [1.165, 1.54) is 0 Å². The SMILES string of the molecule is CCc1nc(CN(CC)CCC(=O)O)no1. The lowest BCUT2D eigenvalue weighted by Crippen LogP contribution is -2.26. The molecule has 0 atom stereocenters. The molecule has 0 radical (unpaired) electrons. The maximum atomic E-state index is 10.4. The normalized spacial score (nSPS) is 10.9. The van der Waals surface area contributed by atoms with Crippen LogP contribution in [0.4, 0.5) is 0 Å². The van der Waals surface area contributed by atoms with E-state index in [0.717, 1.165) is 6.54 Å². The Hall–Kier alpha value is -1.43. The second-order valence-corrected chi connectivity index (χ2v) is 3.47. The summed E-state index contributed by atoms with van der Waals surface area (Å²) in [5, 5.41) is 12.4. The summed E-state index contributed by atoms with van der Waals surface area (Å²) in [5.41, 5.74) is 0. The molecule has 1 N–H and O–H groups in total. The summed E-state index contributed by atoms with van der Waals surface area (Å²) in [6.07, 6.45) is 0.848. The van der Waals surface area contributed by atoms with Crippen molar-refractivity contribution in [2.75, 3.05) is 13.1 Å². The molecule has 0 fully saturated rings. The van der Waals surface area contributed by atoms with Gasteiger partial charge in [0.2, 0.25) is 5.89 Å². The van der Waals surface area contributed by atoms with Crippen molar-refractivity contribution in [1.29, 1.82) is 0 Å². The number of carboxylic acid groups (broad SMARTS) is 1. The molecule has 0 spiro atoms. The number of aryl methyl sites for hydroxylation is 1. The van der Waals surface area contributed by atoms with Crippen LogP contribution in [0.3, 0.4) is 0 Å². The molecule has 1 heterocycles. The number of hydrogen-bond acceptors (Lipinski definition) is 5. The van der Waals surface area contributed by atoms with Gasteiger partial charge < -0.3 is 9.63 Å². The van der Waals surface area contributed by atoms with Gasteiger partial charge in [0.25, 0.3) is 0 Å². The molecule has 6 heteroatoms. The smallest absolute Gasteiger partial charge is 0.304 e. The topological polar surface area (TPSA) is 79.5 Å². The zero-order valence-electron chi connectivity index (χ0n) is 9.64. The van der Waals surface area contributed by atoms with Crippen molar-refractivity contribution in [3.8, 4) is 0 Å². The van der Waals surface area contributed by atoms with Crippen LogP contribution < -0.4 is 0 Å². The first-order valence-electron chi connectivity index (χ1n) is 5.41. The summed E-state index contributed by atoms with van der Waals surface area (Å²) >= 11 is 0. The average molecular weight is 227 g/mol. The Bertz CT molecular complexity index is 338. The number of hydrogen-bond donors (Lipinski definition) is 1. The van der Waals surface area contributed by atoms with Crippen molar-refractivity contribution in [3.63, 3.8) is 0 Å². The number of nitrogens with zero attached hydrogens (tertiary/aromatic N) is 3. The van der Waals surface area contributed by atoms with Crippen LogP contribution in [0.25, 0.3) is 0 Å². The van der Waals surface area contributed by atoms with Gasteiger partial charge in [0, 0.05) is 13.0 Å². The van der Waals surface area contributed by atoms with E-state index in [9.17, 15) is 4.79 Å². The Morgan fingerprint density at radius 2 is 2.25 bits per heavy atom. The summed E-state index contributed by atoms with van der Waals surface area (Å²) in [6, 6.07) is 0. The summed E-state index contributed by atoms with van der Waals surface area (Å²) in [5.74, 6) is 0.439. The average Bonchev–Trinajstić information content (AvgIpc) is 2.71. The van der Waals surface area contributed by atoms with Gasteiger partial charge in [-0.25, -0.2) is 0 Å². The Kier molecular flexibility index (Phi) is 4.91. The van der Waals surface area contributed by atoms with Crippen LogP contribution in [0, 0.1) is 0 Å². The quantitative estimate of drug-likeness (QED) is 0.746. The molecule has 1 aromatic rings. The Balaban J connectivity index is 2.45. The maximum Gasteiger partial charge on any atom is 0.304 e. The van der Waals surface area contributed by atoms with Gasteiger partial charge in [0.05, 0.1) is 13.0 Å². The highest BCUT2D eigenvalue weighted by Crippen LogP contribution is 2.03. The predicted octanol–water partition coefficient (Wildman–Crippen LogP) is 0.929. The molecule has 0 aromatic carbocycles. The third kappa shape index (κ3) is 3.98. The molecule has 0 aliphatic carbocycles. The van der Waals surface area contributed by atoms with Gasteiger partial charge in [-0.1, -0.05) is 19.0 Å². The third-order valence-corrected chi connectivity index (χ3v) is 2.27. The minimum atomic E-state index is -0.791. The number of aromatic nitrogens is 2. The number of rotatable bonds is 7. The lowest BCUT2D eigenvalue weighted by Gasteiger charge is -2.16. The molecule has 0 aliphatic rings. The van der Waals surface area contributed by atoms with E-state index in [0.29, 0.717) is 31.2 Å². The van der Waals surface area contributed by atoms with Crippen LogP contribution in [0.5, 0.6) is 0 Å². The van der Waals surface area contributed by atoms with Crippen LogP contribution in [-0.2, 0) is 17.8 Å². The fourth-order valence-electron chi connectivity index (χ4n) is 1.30. The molecule has 1 rings (SSSR count). The van der Waals surface area contributed by atoms with E-state index in [-0.39, 0.29) is 6.42 Å². The molecule has 0 saturated heterocycles. The van der Waals surface area contributed by atoms with Crippen molar-refractivity contribution >= 4 is 5.97 Å². The van der Waals surface area contributed by atoms with Gasteiger partial charge in [-0.05, 0) is 6.54 Å². The van der Waals surface area contributed by atoms with E-state index in [2.05, 4.69) is 10.1 Å². The maximum absolute atomic E-state index is 10.4. The number of carboxylic acids is 1. The van der Waals surface area contributed by atoms with Crippen LogP contribution >= 0.6 is 0 Å². The standard InChI is InChI=1S/C10H17N3O3/c1-3-9-11-8(12-16-9)7-13(4-2)6-5-10(14)15/h3-7H2,1-2H3,(H,14,15). The van der Waals surface area contributed by atoms with Crippen molar-refractivity contribution in [3.05, 3.63) is 11.7 Å². The molecule has 0 bridgehead atoms. The van der Waals surface area contributed by atoms with Crippen LogP contribution in [0.15, 0.2) is 4.52 Å². The minimum absolute atomic E-state index is 0.131. The first-order chi connectivity index (χ1) is 7.65. The van der Waals surface area contributed by atoms with Gasteiger partial charge in [-0.2, -0.15) is 4.98 Å².